The minimum Gasteiger partial charge on any atom is -0.452 e. The summed E-state index contributed by atoms with van der Waals surface area (Å²) in [6.07, 6.45) is 2.44. The number of carbonyl (C=O) groups excluding carboxylic acids is 2. The molecule has 6 nitrogen and oxygen atoms in total. The predicted octanol–water partition coefficient (Wildman–Crippen LogP) is 4.00. The summed E-state index contributed by atoms with van der Waals surface area (Å²) < 4.78 is 11.0. The van der Waals surface area contributed by atoms with Gasteiger partial charge in [0.1, 0.15) is 0 Å². The van der Waals surface area contributed by atoms with E-state index in [4.69, 9.17) is 9.15 Å². The van der Waals surface area contributed by atoms with E-state index in [0.29, 0.717) is 29.3 Å². The highest BCUT2D eigenvalue weighted by Crippen LogP contribution is 2.28. The van der Waals surface area contributed by atoms with E-state index in [-0.39, 0.29) is 12.5 Å². The van der Waals surface area contributed by atoms with Gasteiger partial charge in [-0.15, -0.1) is 0 Å². The standard InChI is InChI=1S/C22H22N2O4/c1-3-12-23-20(25)14-27-22(26)18-7-5-4-6-17(18)21-24-13-19(28-21)16-10-8-15(2)9-11-16/h4-11,13H,3,12,14H2,1-2H3,(H,23,25). The molecule has 3 rings (SSSR count). The summed E-state index contributed by atoms with van der Waals surface area (Å²) in [5, 5.41) is 2.66. The van der Waals surface area contributed by atoms with Gasteiger partial charge in [-0.1, -0.05) is 48.9 Å². The zero-order chi connectivity index (χ0) is 19.9. The van der Waals surface area contributed by atoms with Crippen molar-refractivity contribution in [3.05, 3.63) is 65.9 Å². The minimum atomic E-state index is -0.600. The maximum Gasteiger partial charge on any atom is 0.339 e. The highest BCUT2D eigenvalue weighted by Gasteiger charge is 2.18. The third-order valence-corrected chi connectivity index (χ3v) is 4.13. The average molecular weight is 378 g/mol. The van der Waals surface area contributed by atoms with Crippen molar-refractivity contribution < 1.29 is 18.7 Å². The van der Waals surface area contributed by atoms with Gasteiger partial charge >= 0.3 is 5.97 Å². The number of nitrogens with one attached hydrogen (secondary N) is 1. The molecule has 28 heavy (non-hydrogen) atoms. The Balaban J connectivity index is 1.78. The van der Waals surface area contributed by atoms with Gasteiger partial charge in [0.15, 0.2) is 12.4 Å². The van der Waals surface area contributed by atoms with Crippen LogP contribution in [0.1, 0.15) is 29.3 Å². The van der Waals surface area contributed by atoms with Gasteiger partial charge in [0.2, 0.25) is 5.89 Å². The SMILES string of the molecule is CCCNC(=O)COC(=O)c1ccccc1-c1ncc(-c2ccc(C)cc2)o1. The third-order valence-electron chi connectivity index (χ3n) is 4.13. The van der Waals surface area contributed by atoms with Crippen molar-refractivity contribution in [2.24, 2.45) is 0 Å². The lowest BCUT2D eigenvalue weighted by atomic mass is 10.1. The van der Waals surface area contributed by atoms with E-state index in [1.54, 1.807) is 30.5 Å². The van der Waals surface area contributed by atoms with Gasteiger partial charge < -0.3 is 14.5 Å². The van der Waals surface area contributed by atoms with E-state index in [2.05, 4.69) is 10.3 Å². The first-order valence-electron chi connectivity index (χ1n) is 9.14. The maximum absolute atomic E-state index is 12.5. The van der Waals surface area contributed by atoms with Crippen LogP contribution in [0.2, 0.25) is 0 Å². The average Bonchev–Trinajstić information content (AvgIpc) is 3.21. The number of rotatable bonds is 7. The topological polar surface area (TPSA) is 81.4 Å². The predicted molar refractivity (Wildman–Crippen MR) is 106 cm³/mol. The molecule has 0 fully saturated rings. The van der Waals surface area contributed by atoms with Crippen molar-refractivity contribution in [2.75, 3.05) is 13.2 Å². The molecule has 1 heterocycles. The molecule has 1 amide bonds. The Kier molecular flexibility index (Phi) is 6.22. The summed E-state index contributed by atoms with van der Waals surface area (Å²) in [5.41, 5.74) is 2.86. The summed E-state index contributed by atoms with van der Waals surface area (Å²) in [4.78, 5) is 28.4. The molecule has 1 aromatic heterocycles. The molecule has 6 heteroatoms. The lowest BCUT2D eigenvalue weighted by Crippen LogP contribution is -2.29. The maximum atomic E-state index is 12.5. The second-order valence-electron chi connectivity index (χ2n) is 6.37. The number of nitrogens with zero attached hydrogens (tertiary/aromatic N) is 1. The minimum absolute atomic E-state index is 0.295. The van der Waals surface area contributed by atoms with E-state index in [1.165, 1.54) is 0 Å². The Morgan fingerprint density at radius 1 is 1.11 bits per heavy atom. The zero-order valence-corrected chi connectivity index (χ0v) is 15.9. The molecule has 0 bridgehead atoms. The Morgan fingerprint density at radius 3 is 2.61 bits per heavy atom. The van der Waals surface area contributed by atoms with Gasteiger partial charge in [0.25, 0.3) is 5.91 Å². The van der Waals surface area contributed by atoms with Crippen LogP contribution in [0.5, 0.6) is 0 Å². The smallest absolute Gasteiger partial charge is 0.339 e. The molecule has 0 aliphatic carbocycles. The van der Waals surface area contributed by atoms with Gasteiger partial charge in [-0.2, -0.15) is 0 Å². The van der Waals surface area contributed by atoms with Crippen molar-refractivity contribution in [1.29, 1.82) is 0 Å². The number of amides is 1. The van der Waals surface area contributed by atoms with Gasteiger partial charge in [0, 0.05) is 12.1 Å². The Bertz CT molecular complexity index is 961. The molecule has 0 saturated carbocycles. The fourth-order valence-electron chi connectivity index (χ4n) is 2.62. The molecule has 2 aromatic carbocycles. The number of esters is 1. The summed E-state index contributed by atoms with van der Waals surface area (Å²) in [7, 11) is 0. The fraction of sp³-hybridized carbons (Fsp3) is 0.227. The number of carbonyl (C=O) groups is 2. The molecule has 1 N–H and O–H groups in total. The Labute approximate surface area is 163 Å². The second-order valence-corrected chi connectivity index (χ2v) is 6.37. The second kappa shape index (κ2) is 8.99. The quantitative estimate of drug-likeness (QED) is 0.629. The Morgan fingerprint density at radius 2 is 1.86 bits per heavy atom. The lowest BCUT2D eigenvalue weighted by molar-refractivity contribution is -0.124. The molecule has 0 atom stereocenters. The molecule has 3 aromatic rings. The van der Waals surface area contributed by atoms with Crippen molar-refractivity contribution >= 4 is 11.9 Å². The number of aromatic nitrogens is 1. The highest BCUT2D eigenvalue weighted by molar-refractivity contribution is 5.97. The lowest BCUT2D eigenvalue weighted by Gasteiger charge is -2.08. The first-order chi connectivity index (χ1) is 13.6. The van der Waals surface area contributed by atoms with Crippen LogP contribution in [0.15, 0.2) is 59.1 Å². The zero-order valence-electron chi connectivity index (χ0n) is 15.9. The van der Waals surface area contributed by atoms with E-state index in [0.717, 1.165) is 17.5 Å². The summed E-state index contributed by atoms with van der Waals surface area (Å²) in [6, 6.07) is 14.8. The van der Waals surface area contributed by atoms with Crippen molar-refractivity contribution in [2.45, 2.75) is 20.3 Å². The normalized spacial score (nSPS) is 10.5. The van der Waals surface area contributed by atoms with Crippen LogP contribution < -0.4 is 5.32 Å². The summed E-state index contributed by atoms with van der Waals surface area (Å²) in [5.74, 6) is -0.00142. The van der Waals surface area contributed by atoms with Gasteiger partial charge in [-0.05, 0) is 25.5 Å². The Hall–Kier alpha value is -3.41. The number of aryl methyl sites for hydroxylation is 1. The summed E-state index contributed by atoms with van der Waals surface area (Å²) >= 11 is 0. The van der Waals surface area contributed by atoms with Crippen LogP contribution in [-0.2, 0) is 9.53 Å². The van der Waals surface area contributed by atoms with Crippen molar-refractivity contribution in [1.82, 2.24) is 10.3 Å². The van der Waals surface area contributed by atoms with Gasteiger partial charge in [-0.3, -0.25) is 4.79 Å². The first-order valence-corrected chi connectivity index (χ1v) is 9.14. The molecular weight excluding hydrogens is 356 g/mol. The van der Waals surface area contributed by atoms with Crippen molar-refractivity contribution in [3.8, 4) is 22.8 Å². The molecule has 0 aliphatic heterocycles. The van der Waals surface area contributed by atoms with Crippen LogP contribution in [0, 0.1) is 6.92 Å². The molecular formula is C22H22N2O4. The first kappa shape index (κ1) is 19.4. The number of ether oxygens (including phenoxy) is 1. The highest BCUT2D eigenvalue weighted by atomic mass is 16.5. The van der Waals surface area contributed by atoms with Crippen LogP contribution in [-0.4, -0.2) is 30.0 Å². The van der Waals surface area contributed by atoms with Crippen LogP contribution >= 0.6 is 0 Å². The molecule has 0 unspecified atom stereocenters. The molecule has 0 spiro atoms. The fourth-order valence-corrected chi connectivity index (χ4v) is 2.62. The van der Waals surface area contributed by atoms with Crippen molar-refractivity contribution in [3.63, 3.8) is 0 Å². The van der Waals surface area contributed by atoms with Crippen LogP contribution in [0.4, 0.5) is 0 Å². The monoisotopic (exact) mass is 378 g/mol. The third kappa shape index (κ3) is 4.65. The molecule has 0 aliphatic rings. The number of hydrogen-bond donors (Lipinski definition) is 1. The van der Waals surface area contributed by atoms with Crippen LogP contribution in [0.3, 0.4) is 0 Å². The number of benzene rings is 2. The molecule has 0 radical (unpaired) electrons. The van der Waals surface area contributed by atoms with Crippen LogP contribution in [0.25, 0.3) is 22.8 Å². The number of hydrogen-bond acceptors (Lipinski definition) is 5. The molecule has 144 valence electrons. The molecule has 0 saturated heterocycles. The van der Waals surface area contributed by atoms with E-state index >= 15 is 0 Å². The van der Waals surface area contributed by atoms with Gasteiger partial charge in [-0.25, -0.2) is 9.78 Å². The van der Waals surface area contributed by atoms with E-state index < -0.39 is 5.97 Å². The van der Waals surface area contributed by atoms with Gasteiger partial charge in [0.05, 0.1) is 17.3 Å². The summed E-state index contributed by atoms with van der Waals surface area (Å²) in [6.45, 7) is 4.18. The largest absolute Gasteiger partial charge is 0.452 e. The number of oxazole rings is 1. The van der Waals surface area contributed by atoms with E-state index in [1.807, 2.05) is 38.1 Å². The van der Waals surface area contributed by atoms with E-state index in [9.17, 15) is 9.59 Å².